The van der Waals surface area contributed by atoms with Crippen LogP contribution in [0.1, 0.15) is 32.6 Å². The summed E-state index contributed by atoms with van der Waals surface area (Å²) in [5.74, 6) is 2.59. The molecule has 0 aliphatic carbocycles. The molecule has 0 aliphatic heterocycles. The van der Waals surface area contributed by atoms with Crippen LogP contribution >= 0.6 is 0 Å². The summed E-state index contributed by atoms with van der Waals surface area (Å²) >= 11 is 0. The van der Waals surface area contributed by atoms with E-state index in [9.17, 15) is 0 Å². The average molecular weight is 164 g/mol. The number of unbranched alkanes of at least 4 members (excludes halogenated alkanes) is 1. The first-order chi connectivity index (χ1) is 5.85. The minimum atomic E-state index is 0.341. The molecule has 0 saturated heterocycles. The van der Waals surface area contributed by atoms with Crippen LogP contribution in [0.3, 0.4) is 0 Å². The van der Waals surface area contributed by atoms with E-state index in [1.165, 1.54) is 0 Å². The van der Waals surface area contributed by atoms with Gasteiger partial charge in [-0.25, -0.2) is 0 Å². The highest BCUT2D eigenvalue weighted by Gasteiger charge is 2.02. The second-order valence-corrected chi connectivity index (χ2v) is 2.73. The van der Waals surface area contributed by atoms with Crippen molar-refractivity contribution in [3.8, 4) is 18.4 Å². The van der Waals surface area contributed by atoms with E-state index in [-0.39, 0.29) is 0 Å². The Morgan fingerprint density at radius 2 is 2.33 bits per heavy atom. The van der Waals surface area contributed by atoms with Gasteiger partial charge >= 0.3 is 0 Å². The predicted octanol–water partition coefficient (Wildman–Crippen LogP) is 1.68. The van der Waals surface area contributed by atoms with Crippen LogP contribution in [0.5, 0.6) is 0 Å². The summed E-state index contributed by atoms with van der Waals surface area (Å²) in [6.45, 7) is 3.00. The van der Waals surface area contributed by atoms with Crippen molar-refractivity contribution in [1.82, 2.24) is 5.32 Å². The van der Waals surface area contributed by atoms with Gasteiger partial charge in [-0.3, -0.25) is 0 Å². The third-order valence-corrected chi connectivity index (χ3v) is 1.76. The van der Waals surface area contributed by atoms with Crippen molar-refractivity contribution in [2.45, 2.75) is 38.6 Å². The first-order valence-electron chi connectivity index (χ1n) is 4.39. The molecule has 0 rings (SSSR count). The molecule has 0 aromatic heterocycles. The van der Waals surface area contributed by atoms with Crippen molar-refractivity contribution >= 4 is 0 Å². The topological polar surface area (TPSA) is 35.8 Å². The molecule has 0 spiro atoms. The van der Waals surface area contributed by atoms with E-state index in [0.717, 1.165) is 25.8 Å². The number of nitrogens with one attached hydrogen (secondary N) is 1. The van der Waals surface area contributed by atoms with Crippen molar-refractivity contribution in [2.75, 3.05) is 6.54 Å². The normalized spacial score (nSPS) is 11.6. The molecule has 12 heavy (non-hydrogen) atoms. The minimum Gasteiger partial charge on any atom is -0.313 e. The van der Waals surface area contributed by atoms with Gasteiger partial charge in [-0.1, -0.05) is 6.92 Å². The second-order valence-electron chi connectivity index (χ2n) is 2.73. The lowest BCUT2D eigenvalue weighted by molar-refractivity contribution is 0.500. The van der Waals surface area contributed by atoms with Crippen LogP contribution < -0.4 is 5.32 Å². The molecule has 0 heterocycles. The molecular formula is C10H16N2. The highest BCUT2D eigenvalue weighted by Crippen LogP contribution is 1.96. The summed E-state index contributed by atoms with van der Waals surface area (Å²) in [6.07, 6.45) is 8.51. The molecule has 0 amide bonds. The molecule has 0 bridgehead atoms. The molecular weight excluding hydrogens is 148 g/mol. The fourth-order valence-corrected chi connectivity index (χ4v) is 0.968. The predicted molar refractivity (Wildman–Crippen MR) is 50.4 cm³/mol. The quantitative estimate of drug-likeness (QED) is 0.479. The summed E-state index contributed by atoms with van der Waals surface area (Å²) < 4.78 is 0. The number of hydrogen-bond acceptors (Lipinski definition) is 2. The SMILES string of the molecule is C#CCCCNC(CC)CC#N. The smallest absolute Gasteiger partial charge is 0.0638 e. The fraction of sp³-hybridized carbons (Fsp3) is 0.700. The maximum Gasteiger partial charge on any atom is 0.0638 e. The monoisotopic (exact) mass is 164 g/mol. The zero-order chi connectivity index (χ0) is 9.23. The molecule has 2 nitrogen and oxygen atoms in total. The molecule has 0 aromatic carbocycles. The van der Waals surface area contributed by atoms with Crippen molar-refractivity contribution in [3.63, 3.8) is 0 Å². The first kappa shape index (κ1) is 11.0. The van der Waals surface area contributed by atoms with E-state index >= 15 is 0 Å². The number of rotatable bonds is 6. The number of hydrogen-bond donors (Lipinski definition) is 1. The van der Waals surface area contributed by atoms with Gasteiger partial charge in [0.25, 0.3) is 0 Å². The van der Waals surface area contributed by atoms with E-state index in [1.807, 2.05) is 0 Å². The van der Waals surface area contributed by atoms with E-state index < -0.39 is 0 Å². The lowest BCUT2D eigenvalue weighted by Gasteiger charge is -2.12. The molecule has 0 fully saturated rings. The summed E-state index contributed by atoms with van der Waals surface area (Å²) in [6, 6.07) is 2.50. The van der Waals surface area contributed by atoms with Crippen molar-refractivity contribution in [2.24, 2.45) is 0 Å². The molecule has 1 unspecified atom stereocenters. The molecule has 0 radical (unpaired) electrons. The highest BCUT2D eigenvalue weighted by atomic mass is 14.9. The molecule has 0 saturated carbocycles. The molecule has 0 aliphatic rings. The van der Waals surface area contributed by atoms with Gasteiger partial charge in [0, 0.05) is 12.5 Å². The maximum atomic E-state index is 8.45. The Labute approximate surface area is 75.0 Å². The second kappa shape index (κ2) is 8.11. The lowest BCUT2D eigenvalue weighted by Crippen LogP contribution is -2.28. The molecule has 1 N–H and O–H groups in total. The Hall–Kier alpha value is -0.990. The van der Waals surface area contributed by atoms with Crippen LogP contribution in [0, 0.1) is 23.7 Å². The third kappa shape index (κ3) is 5.77. The Kier molecular flexibility index (Phi) is 7.44. The first-order valence-corrected chi connectivity index (χ1v) is 4.39. The Morgan fingerprint density at radius 1 is 1.58 bits per heavy atom. The van der Waals surface area contributed by atoms with Gasteiger partial charge in [0.05, 0.1) is 12.5 Å². The maximum absolute atomic E-state index is 8.45. The fourth-order valence-electron chi connectivity index (χ4n) is 0.968. The zero-order valence-electron chi connectivity index (χ0n) is 7.64. The summed E-state index contributed by atoms with van der Waals surface area (Å²) in [7, 11) is 0. The van der Waals surface area contributed by atoms with Crippen LogP contribution in [-0.4, -0.2) is 12.6 Å². The van der Waals surface area contributed by atoms with Crippen molar-refractivity contribution < 1.29 is 0 Å². The Balaban J connectivity index is 3.34. The standard InChI is InChI=1S/C10H16N2/c1-3-5-6-9-12-10(4-2)7-8-11/h1,10,12H,4-7,9H2,2H3. The van der Waals surface area contributed by atoms with E-state index in [1.54, 1.807) is 0 Å². The molecule has 2 heteroatoms. The molecule has 0 aromatic rings. The average Bonchev–Trinajstić information content (AvgIpc) is 2.10. The summed E-state index contributed by atoms with van der Waals surface area (Å²) in [4.78, 5) is 0. The van der Waals surface area contributed by atoms with Gasteiger partial charge in [0.2, 0.25) is 0 Å². The van der Waals surface area contributed by atoms with E-state index in [4.69, 9.17) is 11.7 Å². The number of terminal acetylenes is 1. The van der Waals surface area contributed by atoms with E-state index in [0.29, 0.717) is 12.5 Å². The lowest BCUT2D eigenvalue weighted by atomic mass is 10.1. The van der Waals surface area contributed by atoms with E-state index in [2.05, 4.69) is 24.2 Å². The van der Waals surface area contributed by atoms with Crippen LogP contribution in [0.15, 0.2) is 0 Å². The van der Waals surface area contributed by atoms with Crippen molar-refractivity contribution in [1.29, 1.82) is 5.26 Å². The molecule has 66 valence electrons. The van der Waals surface area contributed by atoms with Crippen LogP contribution in [-0.2, 0) is 0 Å². The Morgan fingerprint density at radius 3 is 2.83 bits per heavy atom. The molecule has 1 atom stereocenters. The van der Waals surface area contributed by atoms with Crippen LogP contribution in [0.25, 0.3) is 0 Å². The van der Waals surface area contributed by atoms with Crippen LogP contribution in [0.4, 0.5) is 0 Å². The van der Waals surface area contributed by atoms with Crippen molar-refractivity contribution in [3.05, 3.63) is 0 Å². The van der Waals surface area contributed by atoms with Gasteiger partial charge in [-0.15, -0.1) is 12.3 Å². The summed E-state index contributed by atoms with van der Waals surface area (Å²) in [5.41, 5.74) is 0. The number of nitriles is 1. The minimum absolute atomic E-state index is 0.341. The van der Waals surface area contributed by atoms with Gasteiger partial charge in [-0.2, -0.15) is 5.26 Å². The van der Waals surface area contributed by atoms with Gasteiger partial charge in [0.1, 0.15) is 0 Å². The third-order valence-electron chi connectivity index (χ3n) is 1.76. The van der Waals surface area contributed by atoms with Gasteiger partial charge < -0.3 is 5.32 Å². The van der Waals surface area contributed by atoms with Gasteiger partial charge in [0.15, 0.2) is 0 Å². The summed E-state index contributed by atoms with van der Waals surface area (Å²) in [5, 5.41) is 11.7. The zero-order valence-corrected chi connectivity index (χ0v) is 7.64. The Bertz CT molecular complexity index is 173. The van der Waals surface area contributed by atoms with Crippen LogP contribution in [0.2, 0.25) is 0 Å². The highest BCUT2D eigenvalue weighted by molar-refractivity contribution is 4.84. The largest absolute Gasteiger partial charge is 0.313 e. The number of nitrogens with zero attached hydrogens (tertiary/aromatic N) is 1. The van der Waals surface area contributed by atoms with Gasteiger partial charge in [-0.05, 0) is 19.4 Å².